The Hall–Kier alpha value is -1.20. The zero-order valence-electron chi connectivity index (χ0n) is 12.5. The van der Waals surface area contributed by atoms with Crippen molar-refractivity contribution in [3.8, 4) is 0 Å². The van der Waals surface area contributed by atoms with E-state index in [1.165, 1.54) is 11.3 Å². The molecule has 0 saturated carbocycles. The minimum absolute atomic E-state index is 0.0877. The standard InChI is InChI=1S/C15H23N3OS/c1-4-7-18-8-5-13(6-9-18)16-17-15(19)14-10-20-12(3)11(14)2/h10H,4-9H2,1-3H3,(H,17,19). The number of piperidine rings is 1. The second-order valence-corrected chi connectivity index (χ2v) is 6.37. The molecule has 1 aliphatic rings. The van der Waals surface area contributed by atoms with Crippen molar-refractivity contribution in [1.29, 1.82) is 0 Å². The number of carbonyl (C=O) groups is 1. The minimum Gasteiger partial charge on any atom is -0.303 e. The number of hydrogen-bond acceptors (Lipinski definition) is 4. The molecule has 1 aliphatic heterocycles. The summed E-state index contributed by atoms with van der Waals surface area (Å²) in [6.45, 7) is 9.49. The Morgan fingerprint density at radius 2 is 2.10 bits per heavy atom. The first-order valence-corrected chi connectivity index (χ1v) is 8.12. The van der Waals surface area contributed by atoms with Crippen LogP contribution >= 0.6 is 11.3 Å². The Morgan fingerprint density at radius 3 is 2.65 bits per heavy atom. The maximum Gasteiger partial charge on any atom is 0.272 e. The van der Waals surface area contributed by atoms with Gasteiger partial charge in [0.2, 0.25) is 0 Å². The van der Waals surface area contributed by atoms with E-state index in [1.54, 1.807) is 11.3 Å². The Kier molecular flexibility index (Phi) is 5.31. The molecular weight excluding hydrogens is 270 g/mol. The smallest absolute Gasteiger partial charge is 0.272 e. The van der Waals surface area contributed by atoms with Gasteiger partial charge in [0.15, 0.2) is 0 Å². The molecule has 1 saturated heterocycles. The molecule has 1 aromatic rings. The number of carbonyl (C=O) groups excluding carboxylic acids is 1. The molecule has 5 heteroatoms. The van der Waals surface area contributed by atoms with Crippen LogP contribution in [0.15, 0.2) is 10.5 Å². The van der Waals surface area contributed by atoms with Gasteiger partial charge in [-0.25, -0.2) is 5.43 Å². The predicted molar refractivity (Wildman–Crippen MR) is 84.7 cm³/mol. The normalized spacial score (nSPS) is 16.2. The largest absolute Gasteiger partial charge is 0.303 e. The van der Waals surface area contributed by atoms with E-state index in [1.807, 2.05) is 19.2 Å². The monoisotopic (exact) mass is 293 g/mol. The third-order valence-corrected chi connectivity index (χ3v) is 4.83. The first kappa shape index (κ1) is 15.2. The van der Waals surface area contributed by atoms with Gasteiger partial charge in [0.05, 0.1) is 5.56 Å². The van der Waals surface area contributed by atoms with Gasteiger partial charge in [-0.15, -0.1) is 11.3 Å². The number of amides is 1. The van der Waals surface area contributed by atoms with E-state index in [-0.39, 0.29) is 5.91 Å². The number of hydrogen-bond donors (Lipinski definition) is 1. The third-order valence-electron chi connectivity index (χ3n) is 3.82. The number of hydrazone groups is 1. The van der Waals surface area contributed by atoms with Crippen molar-refractivity contribution < 1.29 is 4.79 Å². The van der Waals surface area contributed by atoms with E-state index in [0.717, 1.165) is 49.3 Å². The highest BCUT2D eigenvalue weighted by molar-refractivity contribution is 7.10. The maximum absolute atomic E-state index is 12.1. The molecular formula is C15H23N3OS. The molecule has 0 aromatic carbocycles. The van der Waals surface area contributed by atoms with Crippen LogP contribution in [0.5, 0.6) is 0 Å². The van der Waals surface area contributed by atoms with E-state index in [2.05, 4.69) is 22.4 Å². The van der Waals surface area contributed by atoms with Gasteiger partial charge >= 0.3 is 0 Å². The topological polar surface area (TPSA) is 44.7 Å². The molecule has 0 aliphatic carbocycles. The van der Waals surface area contributed by atoms with Crippen LogP contribution in [0.4, 0.5) is 0 Å². The summed E-state index contributed by atoms with van der Waals surface area (Å²) >= 11 is 1.61. The average molecular weight is 293 g/mol. The van der Waals surface area contributed by atoms with Crippen molar-refractivity contribution in [3.05, 3.63) is 21.4 Å². The summed E-state index contributed by atoms with van der Waals surface area (Å²) in [7, 11) is 0. The lowest BCUT2D eigenvalue weighted by Gasteiger charge is -2.26. The maximum atomic E-state index is 12.1. The van der Waals surface area contributed by atoms with Crippen LogP contribution in [0.2, 0.25) is 0 Å². The Morgan fingerprint density at radius 1 is 1.40 bits per heavy atom. The Bertz CT molecular complexity index is 497. The van der Waals surface area contributed by atoms with E-state index in [0.29, 0.717) is 0 Å². The SMILES string of the molecule is CCCN1CCC(=NNC(=O)c2csc(C)c2C)CC1. The van der Waals surface area contributed by atoms with E-state index in [4.69, 9.17) is 0 Å². The molecule has 1 N–H and O–H groups in total. The Balaban J connectivity index is 1.87. The van der Waals surface area contributed by atoms with Gasteiger partial charge < -0.3 is 4.90 Å². The van der Waals surface area contributed by atoms with Crippen LogP contribution in [-0.4, -0.2) is 36.2 Å². The quantitative estimate of drug-likeness (QED) is 0.867. The summed E-state index contributed by atoms with van der Waals surface area (Å²) in [6.07, 6.45) is 3.11. The molecule has 0 spiro atoms. The van der Waals surface area contributed by atoms with Gasteiger partial charge in [0.25, 0.3) is 5.91 Å². The lowest BCUT2D eigenvalue weighted by atomic mass is 10.1. The molecule has 2 rings (SSSR count). The predicted octanol–water partition coefficient (Wildman–Crippen LogP) is 2.96. The molecule has 0 bridgehead atoms. The molecule has 20 heavy (non-hydrogen) atoms. The average Bonchev–Trinajstić information content (AvgIpc) is 2.78. The number of nitrogens with one attached hydrogen (secondary N) is 1. The van der Waals surface area contributed by atoms with Crippen LogP contribution in [0.25, 0.3) is 0 Å². The van der Waals surface area contributed by atoms with Gasteiger partial charge in [-0.1, -0.05) is 6.92 Å². The van der Waals surface area contributed by atoms with Gasteiger partial charge in [0.1, 0.15) is 0 Å². The summed E-state index contributed by atoms with van der Waals surface area (Å²) in [5.74, 6) is -0.0877. The summed E-state index contributed by atoms with van der Waals surface area (Å²) < 4.78 is 0. The highest BCUT2D eigenvalue weighted by atomic mass is 32.1. The molecule has 1 fully saturated rings. The van der Waals surface area contributed by atoms with Crippen molar-refractivity contribution in [1.82, 2.24) is 10.3 Å². The highest BCUT2D eigenvalue weighted by Gasteiger charge is 2.15. The Labute approximate surface area is 124 Å². The fraction of sp³-hybridized carbons (Fsp3) is 0.600. The highest BCUT2D eigenvalue weighted by Crippen LogP contribution is 2.20. The fourth-order valence-corrected chi connectivity index (χ4v) is 3.26. The van der Waals surface area contributed by atoms with Crippen LogP contribution < -0.4 is 5.43 Å². The zero-order chi connectivity index (χ0) is 14.5. The lowest BCUT2D eigenvalue weighted by Crippen LogP contribution is -2.35. The fourth-order valence-electron chi connectivity index (χ4n) is 2.39. The van der Waals surface area contributed by atoms with Gasteiger partial charge in [-0.05, 0) is 32.4 Å². The molecule has 110 valence electrons. The van der Waals surface area contributed by atoms with Gasteiger partial charge in [-0.2, -0.15) is 5.10 Å². The second-order valence-electron chi connectivity index (χ2n) is 5.29. The van der Waals surface area contributed by atoms with Gasteiger partial charge in [-0.3, -0.25) is 4.79 Å². The molecule has 0 unspecified atom stereocenters. The number of nitrogens with zero attached hydrogens (tertiary/aromatic N) is 2. The number of thiophene rings is 1. The van der Waals surface area contributed by atoms with E-state index in [9.17, 15) is 4.79 Å². The molecule has 2 heterocycles. The minimum atomic E-state index is -0.0877. The lowest BCUT2D eigenvalue weighted by molar-refractivity contribution is 0.0954. The van der Waals surface area contributed by atoms with Crippen molar-refractivity contribution in [2.24, 2.45) is 5.10 Å². The molecule has 1 amide bonds. The van der Waals surface area contributed by atoms with Crippen molar-refractivity contribution >= 4 is 23.0 Å². The number of likely N-dealkylation sites (tertiary alicyclic amines) is 1. The van der Waals surface area contributed by atoms with E-state index >= 15 is 0 Å². The first-order valence-electron chi connectivity index (χ1n) is 7.24. The molecule has 0 atom stereocenters. The van der Waals surface area contributed by atoms with Crippen LogP contribution in [0.1, 0.15) is 47.0 Å². The summed E-state index contributed by atoms with van der Waals surface area (Å²) in [5, 5.41) is 6.21. The zero-order valence-corrected chi connectivity index (χ0v) is 13.3. The summed E-state index contributed by atoms with van der Waals surface area (Å²) in [6, 6.07) is 0. The molecule has 1 aromatic heterocycles. The van der Waals surface area contributed by atoms with Crippen molar-refractivity contribution in [3.63, 3.8) is 0 Å². The van der Waals surface area contributed by atoms with Crippen LogP contribution in [0, 0.1) is 13.8 Å². The second kappa shape index (κ2) is 6.99. The van der Waals surface area contributed by atoms with Crippen molar-refractivity contribution in [2.75, 3.05) is 19.6 Å². The first-order chi connectivity index (χ1) is 9.61. The number of aryl methyl sites for hydroxylation is 1. The number of rotatable bonds is 4. The van der Waals surface area contributed by atoms with Crippen LogP contribution in [0.3, 0.4) is 0 Å². The van der Waals surface area contributed by atoms with Crippen LogP contribution in [-0.2, 0) is 0 Å². The summed E-state index contributed by atoms with van der Waals surface area (Å²) in [4.78, 5) is 15.7. The summed E-state index contributed by atoms with van der Waals surface area (Å²) in [5.41, 5.74) is 5.62. The van der Waals surface area contributed by atoms with Crippen molar-refractivity contribution in [2.45, 2.75) is 40.0 Å². The van der Waals surface area contributed by atoms with E-state index < -0.39 is 0 Å². The third kappa shape index (κ3) is 3.67. The molecule has 0 radical (unpaired) electrons. The molecule has 4 nitrogen and oxygen atoms in total. The van der Waals surface area contributed by atoms with Gasteiger partial charge in [0, 0.05) is 41.9 Å².